The van der Waals surface area contributed by atoms with Crippen LogP contribution in [-0.4, -0.2) is 12.4 Å². The van der Waals surface area contributed by atoms with E-state index in [1.54, 1.807) is 0 Å². The van der Waals surface area contributed by atoms with Gasteiger partial charge in [-0.25, -0.2) is 4.39 Å². The maximum absolute atomic E-state index is 13.0. The van der Waals surface area contributed by atoms with Crippen LogP contribution < -0.4 is 4.74 Å². The molecule has 0 N–H and O–H groups in total. The molecule has 0 saturated heterocycles. The fourth-order valence-electron chi connectivity index (χ4n) is 1.34. The Hall–Kier alpha value is -1.73. The molecule has 0 amide bonds. The summed E-state index contributed by atoms with van der Waals surface area (Å²) in [6.07, 6.45) is -5.11. The Morgan fingerprint density at radius 2 is 1.83 bits per heavy atom. The normalized spacial score (nSPS) is 11.8. The third-order valence-corrected chi connectivity index (χ3v) is 1.95. The Kier molecular flexibility index (Phi) is 3.88. The number of carbonyl (C=O) groups excluding carboxylic acids is 1. The second-order valence-corrected chi connectivity index (χ2v) is 3.26. The smallest absolute Gasteiger partial charge is 0.420 e. The van der Waals surface area contributed by atoms with Crippen LogP contribution in [0.3, 0.4) is 0 Å². The fourth-order valence-corrected chi connectivity index (χ4v) is 1.34. The minimum absolute atomic E-state index is 0.154. The predicted molar refractivity (Wildman–Crippen MR) is 48.0 cm³/mol. The lowest BCUT2D eigenvalue weighted by Crippen LogP contribution is -2.16. The lowest BCUT2D eigenvalue weighted by atomic mass is 10.0. The number of carbonyl (C=O) groups is 1. The molecule has 0 bridgehead atoms. The molecule has 0 aliphatic carbocycles. The van der Waals surface area contributed by atoms with Crippen LogP contribution in [-0.2, 0) is 6.18 Å². The summed E-state index contributed by atoms with van der Waals surface area (Å²) in [5, 5.41) is 0. The van der Waals surface area contributed by atoms with Crippen LogP contribution in [0.2, 0.25) is 0 Å². The summed E-state index contributed by atoms with van der Waals surface area (Å²) < 4.78 is 78.4. The van der Waals surface area contributed by atoms with E-state index in [1.165, 1.54) is 0 Å². The maximum atomic E-state index is 13.0. The number of ether oxygens (including phenoxy) is 1. The van der Waals surface area contributed by atoms with E-state index in [9.17, 15) is 31.1 Å². The Morgan fingerprint density at radius 1 is 1.28 bits per heavy atom. The topological polar surface area (TPSA) is 26.3 Å². The third kappa shape index (κ3) is 3.14. The van der Waals surface area contributed by atoms with Gasteiger partial charge in [-0.15, -0.1) is 0 Å². The van der Waals surface area contributed by atoms with E-state index in [4.69, 9.17) is 0 Å². The average molecular weight is 272 g/mol. The number of halogens is 6. The van der Waals surface area contributed by atoms with E-state index in [0.717, 1.165) is 6.92 Å². The zero-order valence-corrected chi connectivity index (χ0v) is 8.82. The summed E-state index contributed by atoms with van der Waals surface area (Å²) in [5.41, 5.74) is -2.77. The highest BCUT2D eigenvalue weighted by molar-refractivity contribution is 5.96. The highest BCUT2D eigenvalue weighted by Gasteiger charge is 2.39. The van der Waals surface area contributed by atoms with Crippen molar-refractivity contribution in [1.82, 2.24) is 0 Å². The van der Waals surface area contributed by atoms with E-state index >= 15 is 0 Å². The first-order valence-corrected chi connectivity index (χ1v) is 4.49. The number of alkyl halides is 5. The number of Topliss-reactive ketones (excluding diaryl/α,β-unsaturated/α-hetero) is 1. The van der Waals surface area contributed by atoms with Gasteiger partial charge in [-0.3, -0.25) is 4.79 Å². The van der Waals surface area contributed by atoms with Gasteiger partial charge in [-0.2, -0.15) is 22.0 Å². The Labute approximate surface area is 97.2 Å². The molecule has 18 heavy (non-hydrogen) atoms. The molecule has 0 radical (unpaired) electrons. The van der Waals surface area contributed by atoms with E-state index < -0.39 is 41.3 Å². The number of hydrogen-bond donors (Lipinski definition) is 0. The molecular weight excluding hydrogens is 266 g/mol. The van der Waals surface area contributed by atoms with Crippen molar-refractivity contribution in [2.24, 2.45) is 0 Å². The largest absolute Gasteiger partial charge is 0.434 e. The first kappa shape index (κ1) is 14.3. The van der Waals surface area contributed by atoms with Gasteiger partial charge in [0.15, 0.2) is 5.78 Å². The summed E-state index contributed by atoms with van der Waals surface area (Å²) in [6, 6.07) is 0.477. The van der Waals surface area contributed by atoms with Crippen LogP contribution in [0.15, 0.2) is 12.1 Å². The van der Waals surface area contributed by atoms with Crippen molar-refractivity contribution < 1.29 is 35.9 Å². The van der Waals surface area contributed by atoms with E-state index in [2.05, 4.69) is 4.74 Å². The van der Waals surface area contributed by atoms with Crippen molar-refractivity contribution in [3.63, 3.8) is 0 Å². The Morgan fingerprint density at radius 3 is 2.22 bits per heavy atom. The summed E-state index contributed by atoms with van der Waals surface area (Å²) in [6.45, 7) is -2.80. The Balaban J connectivity index is 3.53. The van der Waals surface area contributed by atoms with Crippen molar-refractivity contribution in [3.05, 3.63) is 29.1 Å². The molecule has 0 atom stereocenters. The molecule has 8 heteroatoms. The highest BCUT2D eigenvalue weighted by Crippen LogP contribution is 2.40. The fraction of sp³-hybridized carbons (Fsp3) is 0.300. The third-order valence-electron chi connectivity index (χ3n) is 1.95. The van der Waals surface area contributed by atoms with Gasteiger partial charge in [-0.05, 0) is 13.0 Å². The molecule has 0 aliphatic rings. The van der Waals surface area contributed by atoms with Crippen LogP contribution in [0.1, 0.15) is 22.8 Å². The monoisotopic (exact) mass is 272 g/mol. The van der Waals surface area contributed by atoms with Gasteiger partial charge < -0.3 is 4.74 Å². The van der Waals surface area contributed by atoms with Gasteiger partial charge in [0, 0.05) is 11.6 Å². The van der Waals surface area contributed by atoms with Gasteiger partial charge in [0.05, 0.1) is 0 Å². The second-order valence-electron chi connectivity index (χ2n) is 3.26. The van der Waals surface area contributed by atoms with Crippen molar-refractivity contribution >= 4 is 5.78 Å². The van der Waals surface area contributed by atoms with Crippen molar-refractivity contribution in [3.8, 4) is 5.75 Å². The standard InChI is InChI=1S/C10H6F6O2/c1-4(17)6-2-5(11)3-7(18-9(12)13)8(6)10(14,15)16/h2-3,9H,1H3. The van der Waals surface area contributed by atoms with Crippen LogP contribution in [0.25, 0.3) is 0 Å². The minimum atomic E-state index is -5.11. The molecule has 100 valence electrons. The Bertz CT molecular complexity index is 466. The first-order chi connectivity index (χ1) is 8.12. The SMILES string of the molecule is CC(=O)c1cc(F)cc(OC(F)F)c1C(F)(F)F. The van der Waals surface area contributed by atoms with Crippen LogP contribution in [0.4, 0.5) is 26.3 Å². The van der Waals surface area contributed by atoms with E-state index in [0.29, 0.717) is 6.07 Å². The second kappa shape index (κ2) is 4.87. The molecular formula is C10H6F6O2. The summed E-state index contributed by atoms with van der Waals surface area (Å²) in [7, 11) is 0. The average Bonchev–Trinajstić information content (AvgIpc) is 2.12. The lowest BCUT2D eigenvalue weighted by Gasteiger charge is -2.16. The number of benzene rings is 1. The van der Waals surface area contributed by atoms with Crippen LogP contribution >= 0.6 is 0 Å². The number of rotatable bonds is 3. The predicted octanol–water partition coefficient (Wildman–Crippen LogP) is 3.65. The summed E-state index contributed by atoms with van der Waals surface area (Å²) in [5.74, 6) is -3.80. The quantitative estimate of drug-likeness (QED) is 0.620. The minimum Gasteiger partial charge on any atom is -0.434 e. The molecule has 0 unspecified atom stereocenters. The van der Waals surface area contributed by atoms with E-state index in [-0.39, 0.29) is 6.07 Å². The molecule has 2 nitrogen and oxygen atoms in total. The van der Waals surface area contributed by atoms with Crippen molar-refractivity contribution in [2.75, 3.05) is 0 Å². The zero-order valence-electron chi connectivity index (χ0n) is 8.82. The van der Waals surface area contributed by atoms with Gasteiger partial charge in [0.1, 0.15) is 17.1 Å². The van der Waals surface area contributed by atoms with Gasteiger partial charge in [0.25, 0.3) is 0 Å². The van der Waals surface area contributed by atoms with E-state index in [1.807, 2.05) is 0 Å². The first-order valence-electron chi connectivity index (χ1n) is 4.49. The molecule has 0 spiro atoms. The van der Waals surface area contributed by atoms with Gasteiger partial charge in [-0.1, -0.05) is 0 Å². The molecule has 1 aromatic carbocycles. The molecule has 0 aliphatic heterocycles. The maximum Gasteiger partial charge on any atom is 0.420 e. The van der Waals surface area contributed by atoms with Gasteiger partial charge >= 0.3 is 12.8 Å². The van der Waals surface area contributed by atoms with Crippen LogP contribution in [0.5, 0.6) is 5.75 Å². The van der Waals surface area contributed by atoms with Crippen LogP contribution in [0, 0.1) is 5.82 Å². The summed E-state index contributed by atoms with van der Waals surface area (Å²) in [4.78, 5) is 11.0. The highest BCUT2D eigenvalue weighted by atomic mass is 19.4. The lowest BCUT2D eigenvalue weighted by molar-refractivity contribution is -0.142. The zero-order chi connectivity index (χ0) is 14.1. The molecule has 1 rings (SSSR count). The number of ketones is 1. The molecule has 1 aromatic rings. The molecule has 0 fully saturated rings. The number of hydrogen-bond acceptors (Lipinski definition) is 2. The molecule has 0 aromatic heterocycles. The summed E-state index contributed by atoms with van der Waals surface area (Å²) >= 11 is 0. The van der Waals surface area contributed by atoms with Crippen molar-refractivity contribution in [1.29, 1.82) is 0 Å². The van der Waals surface area contributed by atoms with Gasteiger partial charge in [0.2, 0.25) is 0 Å². The molecule has 0 heterocycles. The molecule has 0 saturated carbocycles. The van der Waals surface area contributed by atoms with Crippen molar-refractivity contribution in [2.45, 2.75) is 19.7 Å².